The van der Waals surface area contributed by atoms with Crippen LogP contribution in [0.25, 0.3) is 0 Å². The van der Waals surface area contributed by atoms with E-state index >= 15 is 0 Å². The number of rotatable bonds is 4. The molecule has 1 unspecified atom stereocenters. The molecule has 1 aromatic rings. The normalized spacial score (nSPS) is 11.6. The van der Waals surface area contributed by atoms with E-state index in [4.69, 9.17) is 18.0 Å². The second-order valence-corrected chi connectivity index (χ2v) is 4.20. The van der Waals surface area contributed by atoms with Crippen LogP contribution >= 0.6 is 11.6 Å². The molecular weight excluding hydrogens is 236 g/mol. The van der Waals surface area contributed by atoms with E-state index in [-0.39, 0.29) is 11.9 Å². The summed E-state index contributed by atoms with van der Waals surface area (Å²) in [5, 5.41) is 3.25. The molecule has 17 heavy (non-hydrogen) atoms. The van der Waals surface area contributed by atoms with Crippen LogP contribution in [-0.2, 0) is 0 Å². The fourth-order valence-electron chi connectivity index (χ4n) is 1.40. The molecule has 3 nitrogen and oxygen atoms in total. The van der Waals surface area contributed by atoms with Gasteiger partial charge in [-0.25, -0.2) is 0 Å². The van der Waals surface area contributed by atoms with E-state index in [0.29, 0.717) is 17.0 Å². The van der Waals surface area contributed by atoms with Crippen LogP contribution in [0.3, 0.4) is 0 Å². The van der Waals surface area contributed by atoms with Gasteiger partial charge in [-0.05, 0) is 19.4 Å². The largest absolute Gasteiger partial charge is 0.348 e. The van der Waals surface area contributed by atoms with Crippen LogP contribution in [0.15, 0.2) is 12.3 Å². The minimum Gasteiger partial charge on any atom is -0.348 e. The van der Waals surface area contributed by atoms with Crippen molar-refractivity contribution in [1.82, 2.24) is 10.3 Å². The number of terminal acetylenes is 1. The molecular formula is C13H15ClN2O. The smallest absolute Gasteiger partial charge is 0.254 e. The van der Waals surface area contributed by atoms with Crippen LogP contribution in [0.2, 0.25) is 5.02 Å². The first-order valence-electron chi connectivity index (χ1n) is 5.45. The van der Waals surface area contributed by atoms with Crippen molar-refractivity contribution in [2.75, 3.05) is 0 Å². The molecule has 1 amide bonds. The third-order valence-electron chi connectivity index (χ3n) is 2.43. The Bertz CT molecular complexity index is 451. The van der Waals surface area contributed by atoms with E-state index in [1.54, 1.807) is 6.07 Å². The Morgan fingerprint density at radius 2 is 2.41 bits per heavy atom. The Kier molecular flexibility index (Phi) is 4.99. The number of nitrogens with one attached hydrogen (secondary N) is 1. The summed E-state index contributed by atoms with van der Waals surface area (Å²) in [6, 6.07) is 1.64. The molecule has 1 atom stereocenters. The summed E-state index contributed by atoms with van der Waals surface area (Å²) in [6.07, 6.45) is 8.01. The lowest BCUT2D eigenvalue weighted by molar-refractivity contribution is 0.0936. The number of nitrogens with zero attached hydrogens (tertiary/aromatic N) is 1. The van der Waals surface area contributed by atoms with Gasteiger partial charge < -0.3 is 5.32 Å². The van der Waals surface area contributed by atoms with Crippen LogP contribution in [0.4, 0.5) is 0 Å². The van der Waals surface area contributed by atoms with Gasteiger partial charge in [0.2, 0.25) is 0 Å². The molecule has 0 saturated heterocycles. The first-order chi connectivity index (χ1) is 8.08. The Balaban J connectivity index is 2.79. The van der Waals surface area contributed by atoms with E-state index in [2.05, 4.69) is 16.2 Å². The molecule has 1 N–H and O–H groups in total. The van der Waals surface area contributed by atoms with Crippen LogP contribution < -0.4 is 5.32 Å². The van der Waals surface area contributed by atoms with Gasteiger partial charge in [-0.3, -0.25) is 9.78 Å². The van der Waals surface area contributed by atoms with Crippen molar-refractivity contribution in [1.29, 1.82) is 0 Å². The summed E-state index contributed by atoms with van der Waals surface area (Å²) in [5.41, 5.74) is 1.16. The summed E-state index contributed by atoms with van der Waals surface area (Å²) < 4.78 is 0. The Hall–Kier alpha value is -1.53. The first-order valence-corrected chi connectivity index (χ1v) is 5.82. The maximum Gasteiger partial charge on any atom is 0.254 e. The molecule has 0 saturated carbocycles. The Labute approximate surface area is 107 Å². The number of pyridine rings is 1. The van der Waals surface area contributed by atoms with Crippen molar-refractivity contribution in [3.8, 4) is 12.3 Å². The predicted octanol–water partition coefficient (Wildman–Crippen LogP) is 2.58. The number of halogens is 1. The summed E-state index contributed by atoms with van der Waals surface area (Å²) in [7, 11) is 0. The molecule has 0 fully saturated rings. The molecule has 0 radical (unpaired) electrons. The molecule has 0 bridgehead atoms. The molecule has 0 aliphatic carbocycles. The highest BCUT2D eigenvalue weighted by atomic mass is 35.5. The van der Waals surface area contributed by atoms with Gasteiger partial charge in [-0.2, -0.15) is 0 Å². The summed E-state index contributed by atoms with van der Waals surface area (Å²) in [4.78, 5) is 16.0. The van der Waals surface area contributed by atoms with Gasteiger partial charge >= 0.3 is 0 Å². The summed E-state index contributed by atoms with van der Waals surface area (Å²) in [5.74, 6) is 2.30. The van der Waals surface area contributed by atoms with Crippen LogP contribution in [0.5, 0.6) is 0 Å². The number of carbonyl (C=O) groups is 1. The quantitative estimate of drug-likeness (QED) is 0.835. The average Bonchev–Trinajstić information content (AvgIpc) is 2.28. The lowest BCUT2D eigenvalue weighted by Gasteiger charge is -2.14. The topological polar surface area (TPSA) is 42.0 Å². The second-order valence-electron chi connectivity index (χ2n) is 3.79. The zero-order chi connectivity index (χ0) is 12.8. The fraction of sp³-hybridized carbons (Fsp3) is 0.385. The molecule has 4 heteroatoms. The van der Waals surface area contributed by atoms with Gasteiger partial charge in [0.05, 0.1) is 10.6 Å². The van der Waals surface area contributed by atoms with Gasteiger partial charge in [-0.1, -0.05) is 18.5 Å². The van der Waals surface area contributed by atoms with Gasteiger partial charge in [0.1, 0.15) is 0 Å². The standard InChI is InChI=1S/C13H15ClN2O/c1-4-6-10(5-2)16-13(17)11-8-15-9(3)7-12(11)14/h1,7-8,10H,5-6H2,2-3H3,(H,16,17). The average molecular weight is 251 g/mol. The van der Waals surface area contributed by atoms with Gasteiger partial charge in [0, 0.05) is 24.4 Å². The molecule has 1 aromatic heterocycles. The van der Waals surface area contributed by atoms with E-state index in [1.807, 2.05) is 13.8 Å². The van der Waals surface area contributed by atoms with E-state index in [1.165, 1.54) is 6.20 Å². The van der Waals surface area contributed by atoms with Crippen LogP contribution in [0, 0.1) is 19.3 Å². The number of hydrogen-bond donors (Lipinski definition) is 1. The number of amides is 1. The third-order valence-corrected chi connectivity index (χ3v) is 2.74. The SMILES string of the molecule is C#CCC(CC)NC(=O)c1cnc(C)cc1Cl. The van der Waals surface area contributed by atoms with E-state index in [0.717, 1.165) is 12.1 Å². The maximum absolute atomic E-state index is 11.9. The fourth-order valence-corrected chi connectivity index (χ4v) is 1.69. The minimum absolute atomic E-state index is 0.0233. The monoisotopic (exact) mass is 250 g/mol. The number of aromatic nitrogens is 1. The van der Waals surface area contributed by atoms with Crippen molar-refractivity contribution in [2.45, 2.75) is 32.7 Å². The van der Waals surface area contributed by atoms with Crippen molar-refractivity contribution in [2.24, 2.45) is 0 Å². The van der Waals surface area contributed by atoms with Crippen molar-refractivity contribution in [3.05, 3.63) is 28.5 Å². The highest BCUT2D eigenvalue weighted by molar-refractivity contribution is 6.33. The zero-order valence-corrected chi connectivity index (χ0v) is 10.7. The van der Waals surface area contributed by atoms with Crippen molar-refractivity contribution < 1.29 is 4.79 Å². The lowest BCUT2D eigenvalue weighted by atomic mass is 10.1. The Morgan fingerprint density at radius 1 is 1.71 bits per heavy atom. The van der Waals surface area contributed by atoms with Gasteiger partial charge in [0.25, 0.3) is 5.91 Å². The van der Waals surface area contributed by atoms with E-state index < -0.39 is 0 Å². The molecule has 1 heterocycles. The minimum atomic E-state index is -0.232. The maximum atomic E-state index is 11.9. The first kappa shape index (κ1) is 13.5. The van der Waals surface area contributed by atoms with Crippen LogP contribution in [-0.4, -0.2) is 16.9 Å². The number of carbonyl (C=O) groups excluding carboxylic acids is 1. The van der Waals surface area contributed by atoms with Crippen molar-refractivity contribution in [3.63, 3.8) is 0 Å². The van der Waals surface area contributed by atoms with E-state index in [9.17, 15) is 4.79 Å². The highest BCUT2D eigenvalue weighted by Gasteiger charge is 2.14. The van der Waals surface area contributed by atoms with Gasteiger partial charge in [-0.15, -0.1) is 12.3 Å². The Morgan fingerprint density at radius 3 is 2.94 bits per heavy atom. The highest BCUT2D eigenvalue weighted by Crippen LogP contribution is 2.15. The lowest BCUT2D eigenvalue weighted by Crippen LogP contribution is -2.34. The molecule has 0 spiro atoms. The molecule has 0 aliphatic heterocycles. The van der Waals surface area contributed by atoms with Gasteiger partial charge in [0.15, 0.2) is 0 Å². The number of aryl methyl sites for hydroxylation is 1. The van der Waals surface area contributed by atoms with Crippen LogP contribution in [0.1, 0.15) is 35.8 Å². The summed E-state index contributed by atoms with van der Waals surface area (Å²) >= 11 is 5.99. The molecule has 0 aliphatic rings. The molecule has 0 aromatic carbocycles. The third kappa shape index (κ3) is 3.76. The van der Waals surface area contributed by atoms with Crippen molar-refractivity contribution >= 4 is 17.5 Å². The predicted molar refractivity (Wildman–Crippen MR) is 69.0 cm³/mol. The second kappa shape index (κ2) is 6.27. The molecule has 90 valence electrons. The summed E-state index contributed by atoms with van der Waals surface area (Å²) in [6.45, 7) is 3.79. The zero-order valence-electron chi connectivity index (χ0n) is 9.96. The molecule has 1 rings (SSSR count). The number of hydrogen-bond acceptors (Lipinski definition) is 2.